The molecule has 1 aliphatic heterocycles. The summed E-state index contributed by atoms with van der Waals surface area (Å²) in [7, 11) is 1.64. The van der Waals surface area contributed by atoms with E-state index in [4.69, 9.17) is 4.74 Å². The van der Waals surface area contributed by atoms with Gasteiger partial charge in [-0.25, -0.2) is 0 Å². The van der Waals surface area contributed by atoms with E-state index in [0.29, 0.717) is 11.3 Å². The van der Waals surface area contributed by atoms with Crippen molar-refractivity contribution in [2.75, 3.05) is 12.4 Å². The van der Waals surface area contributed by atoms with Crippen LogP contribution in [-0.4, -0.2) is 35.9 Å². The van der Waals surface area contributed by atoms with Crippen molar-refractivity contribution in [1.29, 1.82) is 0 Å². The number of ether oxygens (including phenoxy) is 1. The predicted molar refractivity (Wildman–Crippen MR) is 120 cm³/mol. The van der Waals surface area contributed by atoms with Crippen LogP contribution in [0.15, 0.2) is 42.5 Å². The van der Waals surface area contributed by atoms with Crippen molar-refractivity contribution in [2.45, 2.75) is 37.8 Å². The SMILES string of the molecule is COc1ccc2[nH]c3c(c2c1)CCC[C@@H]3NC(=O)C[C@@H]1NC(=O)c2ccccc2NC1=O. The van der Waals surface area contributed by atoms with Gasteiger partial charge in [0.2, 0.25) is 11.8 Å². The normalized spacial score (nSPS) is 19.9. The number of aromatic nitrogens is 1. The second-order valence-corrected chi connectivity index (χ2v) is 8.21. The zero-order valence-corrected chi connectivity index (χ0v) is 17.7. The fourth-order valence-corrected chi connectivity index (χ4v) is 4.61. The molecule has 0 saturated heterocycles. The first-order chi connectivity index (χ1) is 15.5. The van der Waals surface area contributed by atoms with Gasteiger partial charge in [0.25, 0.3) is 5.91 Å². The van der Waals surface area contributed by atoms with Gasteiger partial charge in [-0.05, 0) is 55.2 Å². The fraction of sp³-hybridized carbons (Fsp3) is 0.292. The van der Waals surface area contributed by atoms with Crippen molar-refractivity contribution in [3.8, 4) is 5.75 Å². The van der Waals surface area contributed by atoms with Crippen LogP contribution in [0.3, 0.4) is 0 Å². The van der Waals surface area contributed by atoms with Gasteiger partial charge in [0, 0.05) is 16.6 Å². The van der Waals surface area contributed by atoms with Gasteiger partial charge in [-0.15, -0.1) is 0 Å². The molecule has 8 nitrogen and oxygen atoms in total. The summed E-state index contributed by atoms with van der Waals surface area (Å²) in [5, 5.41) is 9.57. The van der Waals surface area contributed by atoms with Crippen molar-refractivity contribution in [2.24, 2.45) is 0 Å². The molecule has 4 N–H and O–H groups in total. The van der Waals surface area contributed by atoms with Crippen LogP contribution in [0.25, 0.3) is 10.9 Å². The minimum absolute atomic E-state index is 0.133. The average Bonchev–Trinajstić information content (AvgIpc) is 3.12. The molecule has 0 saturated carbocycles. The molecule has 0 fully saturated rings. The lowest BCUT2D eigenvalue weighted by molar-refractivity contribution is -0.126. The van der Waals surface area contributed by atoms with E-state index in [9.17, 15) is 14.4 Å². The number of para-hydroxylation sites is 1. The first kappa shape index (κ1) is 20.1. The number of methoxy groups -OCH3 is 1. The van der Waals surface area contributed by atoms with Gasteiger partial charge < -0.3 is 25.7 Å². The van der Waals surface area contributed by atoms with Crippen LogP contribution in [0.5, 0.6) is 5.75 Å². The number of benzene rings is 2. The van der Waals surface area contributed by atoms with Gasteiger partial charge in [-0.2, -0.15) is 0 Å². The van der Waals surface area contributed by atoms with Gasteiger partial charge in [-0.1, -0.05) is 12.1 Å². The Kier molecular flexibility index (Phi) is 5.05. The molecule has 3 aromatic rings. The Morgan fingerprint density at radius 2 is 2.03 bits per heavy atom. The largest absolute Gasteiger partial charge is 0.497 e. The van der Waals surface area contributed by atoms with Gasteiger partial charge >= 0.3 is 0 Å². The van der Waals surface area contributed by atoms with E-state index in [0.717, 1.165) is 41.6 Å². The Morgan fingerprint density at radius 3 is 2.88 bits per heavy atom. The third-order valence-electron chi connectivity index (χ3n) is 6.19. The van der Waals surface area contributed by atoms with Crippen LogP contribution in [0.1, 0.15) is 46.9 Å². The highest BCUT2D eigenvalue weighted by molar-refractivity contribution is 6.10. The molecule has 2 atom stereocenters. The Bertz CT molecular complexity index is 1230. The van der Waals surface area contributed by atoms with Crippen molar-refractivity contribution < 1.29 is 19.1 Å². The molecule has 2 heterocycles. The van der Waals surface area contributed by atoms with Gasteiger partial charge in [0.1, 0.15) is 11.8 Å². The minimum Gasteiger partial charge on any atom is -0.497 e. The number of H-pyrrole nitrogens is 1. The second-order valence-electron chi connectivity index (χ2n) is 8.21. The maximum Gasteiger partial charge on any atom is 0.254 e. The maximum absolute atomic E-state index is 12.9. The Morgan fingerprint density at radius 1 is 1.19 bits per heavy atom. The molecular formula is C24H24N4O4. The van der Waals surface area contributed by atoms with Crippen LogP contribution in [0.4, 0.5) is 5.69 Å². The number of fused-ring (bicyclic) bond motifs is 4. The van der Waals surface area contributed by atoms with E-state index in [-0.39, 0.29) is 24.3 Å². The Hall–Kier alpha value is -3.81. The quantitative estimate of drug-likeness (QED) is 0.508. The topological polar surface area (TPSA) is 112 Å². The molecule has 2 aromatic carbocycles. The van der Waals surface area contributed by atoms with Gasteiger partial charge in [0.15, 0.2) is 0 Å². The van der Waals surface area contributed by atoms with E-state index in [1.165, 1.54) is 5.56 Å². The van der Waals surface area contributed by atoms with E-state index in [2.05, 4.69) is 20.9 Å². The summed E-state index contributed by atoms with van der Waals surface area (Å²) in [4.78, 5) is 41.4. The highest BCUT2D eigenvalue weighted by Crippen LogP contribution is 2.36. The molecule has 0 spiro atoms. The highest BCUT2D eigenvalue weighted by Gasteiger charge is 2.31. The number of rotatable bonds is 4. The van der Waals surface area contributed by atoms with E-state index in [1.807, 2.05) is 18.2 Å². The number of carbonyl (C=O) groups excluding carboxylic acids is 3. The number of hydrogen-bond acceptors (Lipinski definition) is 4. The summed E-state index contributed by atoms with van der Waals surface area (Å²) in [5.74, 6) is -0.270. The van der Waals surface area contributed by atoms with Crippen LogP contribution in [-0.2, 0) is 16.0 Å². The number of anilines is 1. The lowest BCUT2D eigenvalue weighted by Gasteiger charge is -2.24. The third-order valence-corrected chi connectivity index (χ3v) is 6.19. The molecule has 3 amide bonds. The van der Waals surface area contributed by atoms with Crippen LogP contribution < -0.4 is 20.7 Å². The van der Waals surface area contributed by atoms with E-state index >= 15 is 0 Å². The van der Waals surface area contributed by atoms with Crippen LogP contribution in [0, 0.1) is 0 Å². The molecule has 0 radical (unpaired) electrons. The molecule has 1 aromatic heterocycles. The van der Waals surface area contributed by atoms with Gasteiger partial charge in [0.05, 0.1) is 30.8 Å². The highest BCUT2D eigenvalue weighted by atomic mass is 16.5. The zero-order chi connectivity index (χ0) is 22.2. The smallest absolute Gasteiger partial charge is 0.254 e. The summed E-state index contributed by atoms with van der Waals surface area (Å²) in [6.45, 7) is 0. The maximum atomic E-state index is 12.9. The molecule has 2 aliphatic rings. The fourth-order valence-electron chi connectivity index (χ4n) is 4.61. The lowest BCUT2D eigenvalue weighted by atomic mass is 9.91. The Balaban J connectivity index is 1.32. The minimum atomic E-state index is -0.940. The number of aryl methyl sites for hydroxylation is 1. The number of nitrogens with one attached hydrogen (secondary N) is 4. The summed E-state index contributed by atoms with van der Waals surface area (Å²) in [6.07, 6.45) is 2.54. The third kappa shape index (κ3) is 3.57. The van der Waals surface area contributed by atoms with Crippen molar-refractivity contribution in [3.63, 3.8) is 0 Å². The van der Waals surface area contributed by atoms with Gasteiger partial charge in [-0.3, -0.25) is 14.4 Å². The molecule has 164 valence electrons. The molecule has 8 heteroatoms. The number of aromatic amines is 1. The molecule has 5 rings (SSSR count). The lowest BCUT2D eigenvalue weighted by Crippen LogP contribution is -2.45. The molecule has 0 bridgehead atoms. The predicted octanol–water partition coefficient (Wildman–Crippen LogP) is 2.81. The first-order valence-corrected chi connectivity index (χ1v) is 10.7. The van der Waals surface area contributed by atoms with E-state index < -0.39 is 11.9 Å². The van der Waals surface area contributed by atoms with E-state index in [1.54, 1.807) is 31.4 Å². The summed E-state index contributed by atoms with van der Waals surface area (Å²) in [5.41, 5.74) is 4.02. The second kappa shape index (κ2) is 8.03. The van der Waals surface area contributed by atoms with Crippen molar-refractivity contribution in [1.82, 2.24) is 15.6 Å². The molecular weight excluding hydrogens is 408 g/mol. The van der Waals surface area contributed by atoms with Crippen molar-refractivity contribution >= 4 is 34.3 Å². The molecule has 32 heavy (non-hydrogen) atoms. The number of hydrogen-bond donors (Lipinski definition) is 4. The van der Waals surface area contributed by atoms with Crippen LogP contribution >= 0.6 is 0 Å². The Labute approximate surface area is 184 Å². The standard InChI is InChI=1S/C24H24N4O4/c1-32-13-9-10-18-16(11-13)14-6-4-8-19(22(14)26-18)25-21(29)12-20-24(31)27-17-7-3-2-5-15(17)23(30)28-20/h2-3,5,7,9-11,19-20,26H,4,6,8,12H2,1H3,(H,25,29)(H,27,31)(H,28,30)/t19-,20-/m0/s1. The number of carbonyl (C=O) groups is 3. The zero-order valence-electron chi connectivity index (χ0n) is 17.7. The average molecular weight is 432 g/mol. The summed E-state index contributed by atoms with van der Waals surface area (Å²) >= 11 is 0. The first-order valence-electron chi connectivity index (χ1n) is 10.7. The summed E-state index contributed by atoms with van der Waals surface area (Å²) in [6, 6.07) is 11.6. The monoisotopic (exact) mass is 432 g/mol. The number of amides is 3. The molecule has 0 unspecified atom stereocenters. The van der Waals surface area contributed by atoms with Crippen LogP contribution in [0.2, 0.25) is 0 Å². The summed E-state index contributed by atoms with van der Waals surface area (Å²) < 4.78 is 5.36. The molecule has 1 aliphatic carbocycles. The van der Waals surface area contributed by atoms with Crippen molar-refractivity contribution in [3.05, 3.63) is 59.3 Å².